The van der Waals surface area contributed by atoms with Gasteiger partial charge in [-0.05, 0) is 25.7 Å². The molecule has 18 heavy (non-hydrogen) atoms. The molecule has 0 aromatic carbocycles. The van der Waals surface area contributed by atoms with E-state index in [0.717, 1.165) is 41.7 Å². The van der Waals surface area contributed by atoms with E-state index in [0.29, 0.717) is 5.92 Å². The molecule has 0 amide bonds. The number of nitrogens with zero attached hydrogens (tertiary/aromatic N) is 3. The van der Waals surface area contributed by atoms with Crippen LogP contribution in [0.1, 0.15) is 44.1 Å². The molecule has 0 N–H and O–H groups in total. The normalized spacial score (nSPS) is 17.5. The van der Waals surface area contributed by atoms with Gasteiger partial charge in [0, 0.05) is 36.1 Å². The monoisotopic (exact) mass is 311 g/mol. The molecule has 1 aromatic heterocycles. The Balaban J connectivity index is 2.13. The lowest BCUT2D eigenvalue weighted by Gasteiger charge is -2.32. The van der Waals surface area contributed by atoms with Crippen LogP contribution in [-0.2, 0) is 0 Å². The smallest absolute Gasteiger partial charge is 0.133 e. The van der Waals surface area contributed by atoms with Crippen LogP contribution >= 0.6 is 15.9 Å². The summed E-state index contributed by atoms with van der Waals surface area (Å²) < 4.78 is 0. The quantitative estimate of drug-likeness (QED) is 0.800. The van der Waals surface area contributed by atoms with Crippen molar-refractivity contribution in [3.8, 4) is 0 Å². The van der Waals surface area contributed by atoms with Crippen molar-refractivity contribution in [2.75, 3.05) is 23.3 Å². The zero-order valence-corrected chi connectivity index (χ0v) is 13.1. The largest absolute Gasteiger partial charge is 0.356 e. The highest BCUT2D eigenvalue weighted by atomic mass is 79.9. The third-order valence-electron chi connectivity index (χ3n) is 3.53. The minimum Gasteiger partial charge on any atom is -0.356 e. The van der Waals surface area contributed by atoms with Gasteiger partial charge >= 0.3 is 0 Å². The average molecular weight is 312 g/mol. The predicted molar refractivity (Wildman–Crippen MR) is 79.6 cm³/mol. The summed E-state index contributed by atoms with van der Waals surface area (Å²) in [7, 11) is 0. The number of aromatic nitrogens is 2. The maximum absolute atomic E-state index is 4.71. The number of hydrogen-bond donors (Lipinski definition) is 0. The van der Waals surface area contributed by atoms with Crippen molar-refractivity contribution >= 4 is 21.7 Å². The molecule has 0 spiro atoms. The molecule has 1 saturated heterocycles. The maximum Gasteiger partial charge on any atom is 0.133 e. The molecule has 0 unspecified atom stereocenters. The van der Waals surface area contributed by atoms with Crippen LogP contribution < -0.4 is 4.90 Å². The Labute approximate surface area is 118 Å². The number of rotatable bonds is 3. The number of hydrogen-bond acceptors (Lipinski definition) is 3. The second-order valence-corrected chi connectivity index (χ2v) is 6.11. The average Bonchev–Trinajstić information content (AvgIpc) is 2.38. The van der Waals surface area contributed by atoms with Crippen LogP contribution in [-0.4, -0.2) is 28.4 Å². The van der Waals surface area contributed by atoms with Crippen molar-refractivity contribution in [1.29, 1.82) is 0 Å². The van der Waals surface area contributed by atoms with Gasteiger partial charge in [-0.3, -0.25) is 0 Å². The van der Waals surface area contributed by atoms with Crippen LogP contribution in [0.15, 0.2) is 6.07 Å². The predicted octanol–water partition coefficient (Wildman–Crippen LogP) is 3.52. The first-order valence-corrected chi connectivity index (χ1v) is 7.88. The van der Waals surface area contributed by atoms with Gasteiger partial charge in [0.2, 0.25) is 0 Å². The first-order chi connectivity index (χ1) is 8.60. The molecule has 0 bridgehead atoms. The first-order valence-electron chi connectivity index (χ1n) is 6.76. The van der Waals surface area contributed by atoms with Crippen molar-refractivity contribution in [2.45, 2.75) is 39.5 Å². The summed E-state index contributed by atoms with van der Waals surface area (Å²) in [5.74, 6) is 3.30. The molecular weight excluding hydrogens is 290 g/mol. The van der Waals surface area contributed by atoms with Gasteiger partial charge in [0.05, 0.1) is 0 Å². The first kappa shape index (κ1) is 13.8. The number of anilines is 1. The third kappa shape index (κ3) is 3.22. The van der Waals surface area contributed by atoms with E-state index in [-0.39, 0.29) is 0 Å². The number of alkyl halides is 1. The molecule has 3 nitrogen and oxygen atoms in total. The highest BCUT2D eigenvalue weighted by Gasteiger charge is 2.20. The van der Waals surface area contributed by atoms with Gasteiger partial charge in [0.1, 0.15) is 11.6 Å². The van der Waals surface area contributed by atoms with E-state index in [1.807, 2.05) is 0 Å². The van der Waals surface area contributed by atoms with E-state index in [2.05, 4.69) is 52.7 Å². The SMILES string of the molecule is Cc1cc(N2CCC(CBr)CC2)nc(C(C)C)n1. The molecule has 4 heteroatoms. The van der Waals surface area contributed by atoms with Gasteiger partial charge in [-0.15, -0.1) is 0 Å². The lowest BCUT2D eigenvalue weighted by Crippen LogP contribution is -2.35. The molecule has 0 atom stereocenters. The molecule has 1 fully saturated rings. The van der Waals surface area contributed by atoms with Crippen LogP contribution in [0.25, 0.3) is 0 Å². The summed E-state index contributed by atoms with van der Waals surface area (Å²) in [5.41, 5.74) is 1.08. The number of aryl methyl sites for hydroxylation is 1. The van der Waals surface area contributed by atoms with Gasteiger partial charge in [-0.2, -0.15) is 0 Å². The fraction of sp³-hybridized carbons (Fsp3) is 0.714. The molecule has 0 radical (unpaired) electrons. The Morgan fingerprint density at radius 1 is 1.33 bits per heavy atom. The zero-order valence-electron chi connectivity index (χ0n) is 11.5. The summed E-state index contributed by atoms with van der Waals surface area (Å²) in [6.45, 7) is 8.59. The Kier molecular flexibility index (Phi) is 4.60. The molecular formula is C14H22BrN3. The summed E-state index contributed by atoms with van der Waals surface area (Å²) >= 11 is 3.59. The standard InChI is InChI=1S/C14H22BrN3/c1-10(2)14-16-11(3)8-13(17-14)18-6-4-12(9-15)5-7-18/h8,10,12H,4-7,9H2,1-3H3. The Bertz CT molecular complexity index is 398. The number of piperidine rings is 1. The Morgan fingerprint density at radius 3 is 2.56 bits per heavy atom. The Hall–Kier alpha value is -0.640. The minimum atomic E-state index is 0.392. The van der Waals surface area contributed by atoms with Crippen molar-refractivity contribution < 1.29 is 0 Å². The molecule has 100 valence electrons. The van der Waals surface area contributed by atoms with Crippen molar-refractivity contribution in [3.63, 3.8) is 0 Å². The maximum atomic E-state index is 4.71. The van der Waals surface area contributed by atoms with E-state index >= 15 is 0 Å². The van der Waals surface area contributed by atoms with Crippen LogP contribution in [0.5, 0.6) is 0 Å². The van der Waals surface area contributed by atoms with E-state index in [1.54, 1.807) is 0 Å². The van der Waals surface area contributed by atoms with Crippen molar-refractivity contribution in [3.05, 3.63) is 17.6 Å². The lowest BCUT2D eigenvalue weighted by atomic mass is 9.99. The van der Waals surface area contributed by atoms with Crippen LogP contribution in [0, 0.1) is 12.8 Å². The van der Waals surface area contributed by atoms with Gasteiger partial charge < -0.3 is 4.90 Å². The summed E-state index contributed by atoms with van der Waals surface area (Å²) in [4.78, 5) is 11.6. The zero-order chi connectivity index (χ0) is 13.1. The van der Waals surface area contributed by atoms with Crippen molar-refractivity contribution in [1.82, 2.24) is 9.97 Å². The molecule has 2 heterocycles. The highest BCUT2D eigenvalue weighted by molar-refractivity contribution is 9.09. The minimum absolute atomic E-state index is 0.392. The van der Waals surface area contributed by atoms with E-state index in [9.17, 15) is 0 Å². The van der Waals surface area contributed by atoms with Gasteiger partial charge in [-0.1, -0.05) is 29.8 Å². The highest BCUT2D eigenvalue weighted by Crippen LogP contribution is 2.24. The summed E-state index contributed by atoms with van der Waals surface area (Å²) in [6.07, 6.45) is 2.51. The van der Waals surface area contributed by atoms with E-state index in [4.69, 9.17) is 4.98 Å². The molecule has 1 aliphatic heterocycles. The fourth-order valence-electron chi connectivity index (χ4n) is 2.31. The topological polar surface area (TPSA) is 29.0 Å². The third-order valence-corrected chi connectivity index (χ3v) is 4.45. The van der Waals surface area contributed by atoms with Crippen molar-refractivity contribution in [2.24, 2.45) is 5.92 Å². The molecule has 0 aliphatic carbocycles. The second kappa shape index (κ2) is 6.00. The lowest BCUT2D eigenvalue weighted by molar-refractivity contribution is 0.444. The molecule has 1 aromatic rings. The fourth-order valence-corrected chi connectivity index (χ4v) is 2.96. The molecule has 0 saturated carbocycles. The summed E-state index contributed by atoms with van der Waals surface area (Å²) in [6, 6.07) is 2.11. The van der Waals surface area contributed by atoms with Gasteiger partial charge in [0.25, 0.3) is 0 Å². The number of halogens is 1. The molecule has 1 aliphatic rings. The van der Waals surface area contributed by atoms with E-state index in [1.165, 1.54) is 12.8 Å². The van der Waals surface area contributed by atoms with Gasteiger partial charge in [-0.25, -0.2) is 9.97 Å². The second-order valence-electron chi connectivity index (χ2n) is 5.47. The van der Waals surface area contributed by atoms with Crippen LogP contribution in [0.4, 0.5) is 5.82 Å². The molecule has 2 rings (SSSR count). The Morgan fingerprint density at radius 2 is 2.00 bits per heavy atom. The van der Waals surface area contributed by atoms with E-state index < -0.39 is 0 Å². The van der Waals surface area contributed by atoms with Gasteiger partial charge in [0.15, 0.2) is 0 Å². The summed E-state index contributed by atoms with van der Waals surface area (Å²) in [5, 5.41) is 1.13. The van der Waals surface area contributed by atoms with Crippen LogP contribution in [0.3, 0.4) is 0 Å². The van der Waals surface area contributed by atoms with Crippen LogP contribution in [0.2, 0.25) is 0 Å².